The van der Waals surface area contributed by atoms with Gasteiger partial charge in [-0.25, -0.2) is 0 Å². The smallest absolute Gasteiger partial charge is 0.363 e. The van der Waals surface area contributed by atoms with Crippen LogP contribution in [0.4, 0.5) is 5.82 Å². The maximum atomic E-state index is 10.7. The number of ether oxygens (including phenoxy) is 1. The Hall–Kier alpha value is -2.87. The van der Waals surface area contributed by atoms with E-state index in [4.69, 9.17) is 4.74 Å². The lowest BCUT2D eigenvalue weighted by Gasteiger charge is -2.06. The normalized spacial score (nSPS) is 10.4. The van der Waals surface area contributed by atoms with Crippen LogP contribution in [0, 0.1) is 17.0 Å². The van der Waals surface area contributed by atoms with Crippen LogP contribution in [-0.2, 0) is 0 Å². The number of pyridine rings is 2. The number of nitro groups is 1. The number of aromatic nitrogens is 3. The lowest BCUT2D eigenvalue weighted by molar-refractivity contribution is -0.389. The van der Waals surface area contributed by atoms with Gasteiger partial charge in [-0.15, -0.1) is 11.3 Å². The molecule has 0 saturated heterocycles. The molecule has 3 heterocycles. The summed E-state index contributed by atoms with van der Waals surface area (Å²) in [6.07, 6.45) is 3.37. The maximum Gasteiger partial charge on any atom is 0.363 e. The molecule has 0 radical (unpaired) electrons. The lowest BCUT2D eigenvalue weighted by atomic mass is 10.3. The van der Waals surface area contributed by atoms with Crippen molar-refractivity contribution in [2.24, 2.45) is 0 Å². The average molecular weight is 314 g/mol. The molecular weight excluding hydrogens is 304 g/mol. The molecule has 7 nitrogen and oxygen atoms in total. The molecule has 0 fully saturated rings. The molecule has 0 aliphatic rings. The van der Waals surface area contributed by atoms with Gasteiger partial charge in [0.1, 0.15) is 5.75 Å². The Morgan fingerprint density at radius 1 is 1.32 bits per heavy atom. The topological polar surface area (TPSA) is 91.0 Å². The van der Waals surface area contributed by atoms with Gasteiger partial charge in [-0.05, 0) is 22.0 Å². The highest BCUT2D eigenvalue weighted by molar-refractivity contribution is 7.13. The second-order valence-electron chi connectivity index (χ2n) is 4.35. The first-order valence-corrected chi connectivity index (χ1v) is 7.16. The molecule has 8 heteroatoms. The quantitative estimate of drug-likeness (QED) is 0.539. The van der Waals surface area contributed by atoms with Crippen molar-refractivity contribution in [2.45, 2.75) is 6.92 Å². The van der Waals surface area contributed by atoms with E-state index in [0.717, 1.165) is 10.6 Å². The van der Waals surface area contributed by atoms with Crippen LogP contribution >= 0.6 is 11.3 Å². The first-order valence-electron chi connectivity index (χ1n) is 6.28. The van der Waals surface area contributed by atoms with E-state index in [2.05, 4.69) is 15.0 Å². The molecule has 3 aromatic heterocycles. The van der Waals surface area contributed by atoms with E-state index in [1.54, 1.807) is 37.0 Å². The number of thiazole rings is 1. The van der Waals surface area contributed by atoms with Gasteiger partial charge in [0.25, 0.3) is 0 Å². The summed E-state index contributed by atoms with van der Waals surface area (Å²) in [6.45, 7) is 1.66. The number of hydrogen-bond acceptors (Lipinski definition) is 7. The van der Waals surface area contributed by atoms with E-state index in [9.17, 15) is 10.1 Å². The van der Waals surface area contributed by atoms with Crippen molar-refractivity contribution in [3.63, 3.8) is 0 Å². The van der Waals surface area contributed by atoms with Gasteiger partial charge in [0.05, 0.1) is 16.1 Å². The minimum absolute atomic E-state index is 0.204. The average Bonchev–Trinajstić information content (AvgIpc) is 3.04. The Labute approximate surface area is 129 Å². The summed E-state index contributed by atoms with van der Waals surface area (Å²) in [7, 11) is 0. The molecule has 0 aliphatic heterocycles. The summed E-state index contributed by atoms with van der Waals surface area (Å²) in [4.78, 5) is 23.3. The second-order valence-corrected chi connectivity index (χ2v) is 5.24. The summed E-state index contributed by atoms with van der Waals surface area (Å²) in [6, 6.07) is 6.35. The van der Waals surface area contributed by atoms with E-state index in [1.807, 2.05) is 0 Å². The van der Waals surface area contributed by atoms with Crippen molar-refractivity contribution in [2.75, 3.05) is 0 Å². The van der Waals surface area contributed by atoms with Gasteiger partial charge in [-0.2, -0.15) is 0 Å². The van der Waals surface area contributed by atoms with Crippen LogP contribution in [0.3, 0.4) is 0 Å². The molecule has 0 bridgehead atoms. The molecule has 0 amide bonds. The van der Waals surface area contributed by atoms with E-state index in [1.165, 1.54) is 23.5 Å². The van der Waals surface area contributed by atoms with Gasteiger partial charge in [0, 0.05) is 31.5 Å². The van der Waals surface area contributed by atoms with Crippen molar-refractivity contribution in [1.82, 2.24) is 15.0 Å². The SMILES string of the molecule is Cc1nc([N+](=O)[O-])ccc1Oc1ccnc(-c2cncs2)c1. The summed E-state index contributed by atoms with van der Waals surface area (Å²) in [5.74, 6) is 0.842. The number of rotatable bonds is 4. The molecule has 0 N–H and O–H groups in total. The number of aryl methyl sites for hydroxylation is 1. The van der Waals surface area contributed by atoms with Crippen LogP contribution in [-0.4, -0.2) is 19.9 Å². The fourth-order valence-corrected chi connectivity index (χ4v) is 2.41. The van der Waals surface area contributed by atoms with Crippen LogP contribution in [0.15, 0.2) is 42.2 Å². The molecule has 0 spiro atoms. The van der Waals surface area contributed by atoms with Crippen LogP contribution < -0.4 is 4.74 Å². The molecule has 22 heavy (non-hydrogen) atoms. The first-order chi connectivity index (χ1) is 10.6. The van der Waals surface area contributed by atoms with Crippen molar-refractivity contribution < 1.29 is 9.66 Å². The van der Waals surface area contributed by atoms with Crippen LogP contribution in [0.2, 0.25) is 0 Å². The predicted octanol–water partition coefficient (Wildman–Crippen LogP) is 3.61. The largest absolute Gasteiger partial charge is 0.453 e. The Bertz CT molecular complexity index is 821. The standard InChI is InChI=1S/C14H10N4O3S/c1-9-12(2-3-14(17-9)18(19)20)21-10-4-5-16-11(6-10)13-7-15-8-22-13/h2-8H,1H3. The molecule has 0 atom stereocenters. The number of hydrogen-bond donors (Lipinski definition) is 0. The second kappa shape index (κ2) is 5.86. The zero-order chi connectivity index (χ0) is 15.5. The third-order valence-corrected chi connectivity index (χ3v) is 3.65. The molecule has 3 rings (SSSR count). The van der Waals surface area contributed by atoms with Crippen molar-refractivity contribution in [3.05, 3.63) is 58.0 Å². The minimum atomic E-state index is -0.537. The monoisotopic (exact) mass is 314 g/mol. The summed E-state index contributed by atoms with van der Waals surface area (Å²) >= 11 is 1.48. The summed E-state index contributed by atoms with van der Waals surface area (Å²) < 4.78 is 5.74. The molecule has 3 aromatic rings. The van der Waals surface area contributed by atoms with Gasteiger partial charge in [-0.3, -0.25) is 9.97 Å². The highest BCUT2D eigenvalue weighted by Gasteiger charge is 2.13. The third-order valence-electron chi connectivity index (χ3n) is 2.85. The number of nitrogens with zero attached hydrogens (tertiary/aromatic N) is 4. The Balaban J connectivity index is 1.87. The van der Waals surface area contributed by atoms with Gasteiger partial charge >= 0.3 is 5.82 Å². The van der Waals surface area contributed by atoms with Crippen molar-refractivity contribution in [3.8, 4) is 22.1 Å². The van der Waals surface area contributed by atoms with Crippen molar-refractivity contribution >= 4 is 17.2 Å². The molecule has 0 aromatic carbocycles. The summed E-state index contributed by atoms with van der Waals surface area (Å²) in [5, 5.41) is 10.7. The molecule has 0 saturated carbocycles. The minimum Gasteiger partial charge on any atom is -0.453 e. The lowest BCUT2D eigenvalue weighted by Crippen LogP contribution is -1.96. The molecular formula is C14H10N4O3S. The molecule has 0 aliphatic carbocycles. The van der Waals surface area contributed by atoms with Gasteiger partial charge in [-0.1, -0.05) is 0 Å². The zero-order valence-corrected chi connectivity index (χ0v) is 12.3. The highest BCUT2D eigenvalue weighted by Crippen LogP contribution is 2.29. The Kier molecular flexibility index (Phi) is 3.75. The maximum absolute atomic E-state index is 10.7. The Morgan fingerprint density at radius 2 is 2.18 bits per heavy atom. The highest BCUT2D eigenvalue weighted by atomic mass is 32.1. The van der Waals surface area contributed by atoms with E-state index >= 15 is 0 Å². The Morgan fingerprint density at radius 3 is 2.86 bits per heavy atom. The van der Waals surface area contributed by atoms with Crippen molar-refractivity contribution in [1.29, 1.82) is 0 Å². The summed E-state index contributed by atoms with van der Waals surface area (Å²) in [5.41, 5.74) is 2.94. The van der Waals surface area contributed by atoms with Gasteiger partial charge < -0.3 is 14.9 Å². The fraction of sp³-hybridized carbons (Fsp3) is 0.0714. The van der Waals surface area contributed by atoms with E-state index in [0.29, 0.717) is 17.2 Å². The zero-order valence-electron chi connectivity index (χ0n) is 11.5. The predicted molar refractivity (Wildman–Crippen MR) is 81.0 cm³/mol. The van der Waals surface area contributed by atoms with Gasteiger partial charge in [0.15, 0.2) is 11.4 Å². The molecule has 0 unspecified atom stereocenters. The van der Waals surface area contributed by atoms with Gasteiger partial charge in [0.2, 0.25) is 0 Å². The molecule has 110 valence electrons. The first kappa shape index (κ1) is 14.1. The van der Waals surface area contributed by atoms with Crippen LogP contribution in [0.1, 0.15) is 5.69 Å². The van der Waals surface area contributed by atoms with E-state index in [-0.39, 0.29) is 5.82 Å². The van der Waals surface area contributed by atoms with Crippen LogP contribution in [0.25, 0.3) is 10.6 Å². The van der Waals surface area contributed by atoms with Crippen LogP contribution in [0.5, 0.6) is 11.5 Å². The van der Waals surface area contributed by atoms with E-state index < -0.39 is 4.92 Å². The third kappa shape index (κ3) is 2.91. The fourth-order valence-electron chi connectivity index (χ4n) is 1.82.